The topological polar surface area (TPSA) is 124 Å². The molecule has 2 aromatic heterocycles. The van der Waals surface area contributed by atoms with Gasteiger partial charge in [0.2, 0.25) is 0 Å². The van der Waals surface area contributed by atoms with Gasteiger partial charge in [0.1, 0.15) is 11.3 Å². The van der Waals surface area contributed by atoms with E-state index < -0.39 is 23.8 Å². The first-order chi connectivity index (χ1) is 15.3. The highest BCUT2D eigenvalue weighted by Crippen LogP contribution is 2.33. The van der Waals surface area contributed by atoms with Gasteiger partial charge >= 0.3 is 5.97 Å². The van der Waals surface area contributed by atoms with Crippen molar-refractivity contribution in [2.45, 2.75) is 52.6 Å². The molecule has 3 N–H and O–H groups in total. The number of hydrogen-bond acceptors (Lipinski definition) is 5. The van der Waals surface area contributed by atoms with E-state index in [4.69, 9.17) is 15.6 Å². The fourth-order valence-electron chi connectivity index (χ4n) is 3.76. The van der Waals surface area contributed by atoms with Crippen molar-refractivity contribution >= 4 is 23.2 Å². The molecule has 3 rings (SSSR count). The van der Waals surface area contributed by atoms with Crippen LogP contribution in [0.2, 0.25) is 0 Å². The van der Waals surface area contributed by atoms with E-state index in [0.29, 0.717) is 29.8 Å². The zero-order chi connectivity index (χ0) is 23.4. The lowest BCUT2D eigenvalue weighted by atomic mass is 10.0. The molecule has 0 saturated carbocycles. The number of nitrogens with zero attached hydrogens (tertiary/aromatic N) is 2. The predicted octanol–water partition coefficient (Wildman–Crippen LogP) is 3.10. The molecule has 168 valence electrons. The molecule has 0 aliphatic rings. The molecular formula is C24H27N3O5. The van der Waals surface area contributed by atoms with Crippen molar-refractivity contribution in [1.82, 2.24) is 9.61 Å². The Labute approximate surface area is 186 Å². The number of ketones is 1. The highest BCUT2D eigenvalue weighted by molar-refractivity contribution is 6.44. The molecule has 0 radical (unpaired) electrons. The molecule has 0 bridgehead atoms. The lowest BCUT2D eigenvalue weighted by molar-refractivity contribution is -0.145. The fraction of sp³-hybridized carbons (Fsp3) is 0.333. The SMILES string of the molecule is CCCc1cc(OC(CC)C(=O)O)c2c(C(=O)C(N)=O)c(C)c(Cc3ccccc3)n2n1. The van der Waals surface area contributed by atoms with Crippen LogP contribution in [-0.2, 0) is 22.4 Å². The second kappa shape index (κ2) is 9.64. The molecule has 32 heavy (non-hydrogen) atoms. The molecule has 3 aromatic rings. The second-order valence-electron chi connectivity index (χ2n) is 7.67. The fourth-order valence-corrected chi connectivity index (χ4v) is 3.76. The summed E-state index contributed by atoms with van der Waals surface area (Å²) in [7, 11) is 0. The number of rotatable bonds is 10. The number of primary amides is 1. The van der Waals surface area contributed by atoms with E-state index in [9.17, 15) is 19.5 Å². The van der Waals surface area contributed by atoms with Crippen molar-refractivity contribution < 1.29 is 24.2 Å². The Morgan fingerprint density at radius 3 is 2.44 bits per heavy atom. The first kappa shape index (κ1) is 23.0. The monoisotopic (exact) mass is 437 g/mol. The summed E-state index contributed by atoms with van der Waals surface area (Å²) in [5, 5.41) is 14.2. The minimum absolute atomic E-state index is 0.0919. The lowest BCUT2D eigenvalue weighted by Gasteiger charge is -2.16. The van der Waals surface area contributed by atoms with Crippen LogP contribution in [0.4, 0.5) is 0 Å². The number of fused-ring (bicyclic) bond motifs is 1. The maximum Gasteiger partial charge on any atom is 0.344 e. The van der Waals surface area contributed by atoms with Gasteiger partial charge in [-0.3, -0.25) is 9.59 Å². The van der Waals surface area contributed by atoms with E-state index in [2.05, 4.69) is 0 Å². The minimum atomic E-state index is -1.12. The maximum absolute atomic E-state index is 12.8. The molecule has 1 atom stereocenters. The van der Waals surface area contributed by atoms with Crippen molar-refractivity contribution in [3.8, 4) is 5.75 Å². The summed E-state index contributed by atoms with van der Waals surface area (Å²) in [5.74, 6) is -2.88. The third kappa shape index (κ3) is 4.49. The van der Waals surface area contributed by atoms with E-state index >= 15 is 0 Å². The number of Topliss-reactive ketones (excluding diaryl/α,β-unsaturated/α-hetero) is 1. The predicted molar refractivity (Wildman–Crippen MR) is 119 cm³/mol. The van der Waals surface area contributed by atoms with E-state index in [1.807, 2.05) is 37.3 Å². The molecule has 0 aliphatic carbocycles. The first-order valence-corrected chi connectivity index (χ1v) is 10.6. The van der Waals surface area contributed by atoms with Gasteiger partial charge in [0.15, 0.2) is 6.10 Å². The van der Waals surface area contributed by atoms with Gasteiger partial charge in [0.05, 0.1) is 17.0 Å². The quantitative estimate of drug-likeness (QED) is 0.371. The van der Waals surface area contributed by atoms with Crippen LogP contribution in [0.15, 0.2) is 36.4 Å². The van der Waals surface area contributed by atoms with Crippen LogP contribution >= 0.6 is 0 Å². The van der Waals surface area contributed by atoms with Crippen molar-refractivity contribution in [3.05, 3.63) is 64.5 Å². The summed E-state index contributed by atoms with van der Waals surface area (Å²) in [6, 6.07) is 11.3. The van der Waals surface area contributed by atoms with Crippen LogP contribution in [0.3, 0.4) is 0 Å². The van der Waals surface area contributed by atoms with Crippen molar-refractivity contribution in [1.29, 1.82) is 0 Å². The van der Waals surface area contributed by atoms with E-state index in [-0.39, 0.29) is 23.3 Å². The summed E-state index contributed by atoms with van der Waals surface area (Å²) in [4.78, 5) is 36.3. The van der Waals surface area contributed by atoms with Gasteiger partial charge < -0.3 is 15.6 Å². The Kier molecular flexibility index (Phi) is 6.92. The number of nitrogens with two attached hydrogens (primary N) is 1. The zero-order valence-corrected chi connectivity index (χ0v) is 18.4. The van der Waals surface area contributed by atoms with E-state index in [0.717, 1.165) is 12.0 Å². The van der Waals surface area contributed by atoms with Crippen LogP contribution in [0, 0.1) is 6.92 Å². The summed E-state index contributed by atoms with van der Waals surface area (Å²) in [6.45, 7) is 5.44. The average molecular weight is 437 g/mol. The Morgan fingerprint density at radius 2 is 1.88 bits per heavy atom. The van der Waals surface area contributed by atoms with Crippen molar-refractivity contribution in [2.24, 2.45) is 5.73 Å². The zero-order valence-electron chi connectivity index (χ0n) is 18.4. The highest BCUT2D eigenvalue weighted by Gasteiger charge is 2.29. The third-order valence-corrected chi connectivity index (χ3v) is 5.36. The normalized spacial score (nSPS) is 12.0. The van der Waals surface area contributed by atoms with Gasteiger partial charge in [-0.05, 0) is 30.9 Å². The summed E-state index contributed by atoms with van der Waals surface area (Å²) >= 11 is 0. The van der Waals surface area contributed by atoms with Crippen LogP contribution in [0.5, 0.6) is 5.75 Å². The lowest BCUT2D eigenvalue weighted by Crippen LogP contribution is -2.27. The Bertz CT molecular complexity index is 1170. The molecule has 0 saturated heterocycles. The third-order valence-electron chi connectivity index (χ3n) is 5.36. The summed E-state index contributed by atoms with van der Waals surface area (Å²) < 4.78 is 7.45. The van der Waals surface area contributed by atoms with Gasteiger partial charge in [-0.15, -0.1) is 0 Å². The van der Waals surface area contributed by atoms with Gasteiger partial charge in [-0.25, -0.2) is 9.31 Å². The van der Waals surface area contributed by atoms with Crippen molar-refractivity contribution in [2.75, 3.05) is 0 Å². The Balaban J connectivity index is 2.33. The molecule has 1 aromatic carbocycles. The number of hydrogen-bond donors (Lipinski definition) is 2. The molecule has 1 unspecified atom stereocenters. The number of amides is 1. The number of ether oxygens (including phenoxy) is 1. The van der Waals surface area contributed by atoms with Gasteiger partial charge in [0, 0.05) is 12.5 Å². The number of carbonyl (C=O) groups is 3. The molecule has 8 nitrogen and oxygen atoms in total. The molecule has 2 heterocycles. The van der Waals surface area contributed by atoms with Gasteiger partial charge in [-0.2, -0.15) is 5.10 Å². The number of aromatic nitrogens is 2. The molecule has 0 spiro atoms. The van der Waals surface area contributed by atoms with E-state index in [1.54, 1.807) is 24.4 Å². The number of carbonyl (C=O) groups excluding carboxylic acids is 2. The van der Waals surface area contributed by atoms with Gasteiger partial charge in [-0.1, -0.05) is 50.6 Å². The first-order valence-electron chi connectivity index (χ1n) is 10.6. The Morgan fingerprint density at radius 1 is 1.19 bits per heavy atom. The number of carboxylic acids is 1. The maximum atomic E-state index is 12.8. The summed E-state index contributed by atoms with van der Waals surface area (Å²) in [5.41, 5.74) is 8.65. The molecule has 8 heteroatoms. The standard InChI is InChI=1S/C24H27N3O5/c1-4-9-16-13-19(32-18(5-2)24(30)31)21-20(22(28)23(25)29)14(3)17(27(21)26-16)12-15-10-7-6-8-11-15/h6-8,10-11,13,18H,4-5,9,12H2,1-3H3,(H2,25,29)(H,30,31). The summed E-state index contributed by atoms with van der Waals surface area (Å²) in [6.07, 6.45) is 1.02. The Hall–Kier alpha value is -3.68. The molecule has 0 aliphatic heterocycles. The van der Waals surface area contributed by atoms with Crippen LogP contribution in [0.25, 0.3) is 5.52 Å². The van der Waals surface area contributed by atoms with Crippen LogP contribution in [0.1, 0.15) is 59.6 Å². The van der Waals surface area contributed by atoms with Crippen LogP contribution < -0.4 is 10.5 Å². The highest BCUT2D eigenvalue weighted by atomic mass is 16.5. The molecular weight excluding hydrogens is 410 g/mol. The average Bonchev–Trinajstić information content (AvgIpc) is 3.03. The van der Waals surface area contributed by atoms with Gasteiger partial charge in [0.25, 0.3) is 11.7 Å². The number of benzene rings is 1. The smallest absolute Gasteiger partial charge is 0.344 e. The van der Waals surface area contributed by atoms with Crippen molar-refractivity contribution in [3.63, 3.8) is 0 Å². The number of aryl methyl sites for hydroxylation is 1. The van der Waals surface area contributed by atoms with Crippen LogP contribution in [-0.4, -0.2) is 38.5 Å². The largest absolute Gasteiger partial charge is 0.479 e. The minimum Gasteiger partial charge on any atom is -0.479 e. The second-order valence-corrected chi connectivity index (χ2v) is 7.67. The van der Waals surface area contributed by atoms with E-state index in [1.165, 1.54) is 0 Å². The number of carboxylic acid groups (broad SMARTS) is 1. The molecule has 0 fully saturated rings. The molecule has 1 amide bonds. The number of aliphatic carboxylic acids is 1.